The average molecular weight is 323 g/mol. The van der Waals surface area contributed by atoms with Crippen molar-refractivity contribution in [1.82, 2.24) is 10.2 Å². The van der Waals surface area contributed by atoms with Crippen molar-refractivity contribution in [1.29, 1.82) is 0 Å². The molecule has 0 spiro atoms. The maximum absolute atomic E-state index is 12.1. The minimum absolute atomic E-state index is 0.196. The van der Waals surface area contributed by atoms with E-state index >= 15 is 0 Å². The summed E-state index contributed by atoms with van der Waals surface area (Å²) >= 11 is 3.34. The molecule has 2 rings (SSSR count). The van der Waals surface area contributed by atoms with E-state index < -0.39 is 0 Å². The van der Waals surface area contributed by atoms with Gasteiger partial charge in [0.1, 0.15) is 0 Å². The van der Waals surface area contributed by atoms with Crippen molar-refractivity contribution < 1.29 is 4.79 Å². The third-order valence-electron chi connectivity index (χ3n) is 2.73. The van der Waals surface area contributed by atoms with Gasteiger partial charge in [-0.05, 0) is 30.2 Å². The molecule has 1 heterocycles. The Balaban J connectivity index is 2.18. The van der Waals surface area contributed by atoms with Crippen LogP contribution in [0.25, 0.3) is 0 Å². The van der Waals surface area contributed by atoms with Crippen LogP contribution in [0.15, 0.2) is 28.7 Å². The van der Waals surface area contributed by atoms with Crippen LogP contribution in [-0.2, 0) is 0 Å². The van der Waals surface area contributed by atoms with Crippen molar-refractivity contribution in [3.8, 4) is 0 Å². The smallest absolute Gasteiger partial charge is 0.278 e. The summed E-state index contributed by atoms with van der Waals surface area (Å²) in [6.07, 6.45) is 0. The lowest BCUT2D eigenvalue weighted by molar-refractivity contribution is 0.102. The Morgan fingerprint density at radius 2 is 2.00 bits per heavy atom. The lowest BCUT2D eigenvalue weighted by Gasteiger charge is -2.05. The maximum atomic E-state index is 12.1. The zero-order valence-corrected chi connectivity index (χ0v) is 12.3. The third kappa shape index (κ3) is 2.96. The van der Waals surface area contributed by atoms with Gasteiger partial charge in [0.05, 0.1) is 11.4 Å². The molecule has 0 bridgehead atoms. The normalized spacial score (nSPS) is 10.7. The second kappa shape index (κ2) is 5.44. The van der Waals surface area contributed by atoms with Crippen LogP contribution >= 0.6 is 15.9 Å². The summed E-state index contributed by atoms with van der Waals surface area (Å²) in [5.41, 5.74) is 8.03. The van der Waals surface area contributed by atoms with E-state index in [4.69, 9.17) is 5.73 Å². The fourth-order valence-electron chi connectivity index (χ4n) is 1.70. The zero-order chi connectivity index (χ0) is 14.0. The molecule has 0 saturated heterocycles. The number of halogens is 1. The molecule has 0 unspecified atom stereocenters. The van der Waals surface area contributed by atoms with E-state index in [1.54, 1.807) is 12.1 Å². The van der Waals surface area contributed by atoms with Gasteiger partial charge in [-0.25, -0.2) is 0 Å². The maximum Gasteiger partial charge on any atom is 0.278 e. The number of nitrogens with one attached hydrogen (secondary N) is 2. The predicted octanol–water partition coefficient (Wildman–Crippen LogP) is 3.13. The van der Waals surface area contributed by atoms with Gasteiger partial charge >= 0.3 is 0 Å². The van der Waals surface area contributed by atoms with E-state index in [1.807, 2.05) is 26.0 Å². The Hall–Kier alpha value is -1.82. The number of amides is 1. The Kier molecular flexibility index (Phi) is 3.90. The average Bonchev–Trinajstić information content (AvgIpc) is 2.74. The molecule has 0 aliphatic rings. The van der Waals surface area contributed by atoms with Crippen molar-refractivity contribution >= 4 is 33.2 Å². The first-order valence-corrected chi connectivity index (χ1v) is 6.69. The minimum atomic E-state index is -0.317. The van der Waals surface area contributed by atoms with Gasteiger partial charge in [0.15, 0.2) is 5.69 Å². The highest BCUT2D eigenvalue weighted by Gasteiger charge is 2.18. The summed E-state index contributed by atoms with van der Waals surface area (Å²) in [5.74, 6) is -0.121. The number of carbonyl (C=O) groups excluding carboxylic acids is 1. The first kappa shape index (κ1) is 13.6. The van der Waals surface area contributed by atoms with E-state index in [0.717, 1.165) is 10.2 Å². The van der Waals surface area contributed by atoms with Gasteiger partial charge in [-0.3, -0.25) is 9.89 Å². The van der Waals surface area contributed by atoms with Crippen LogP contribution < -0.4 is 11.1 Å². The molecule has 0 fully saturated rings. The van der Waals surface area contributed by atoms with Crippen molar-refractivity contribution in [3.05, 3.63) is 40.1 Å². The highest BCUT2D eigenvalue weighted by Crippen LogP contribution is 2.23. The molecule has 0 radical (unpaired) electrons. The van der Waals surface area contributed by atoms with E-state index in [1.165, 1.54) is 0 Å². The molecule has 0 atom stereocenters. The standard InChI is InChI=1S/C13H15BrN4O/c1-7(2)11-10(15)12(18-17-11)13(19)16-9-5-3-8(14)4-6-9/h3-7H,15H2,1-2H3,(H,16,19)(H,17,18). The lowest BCUT2D eigenvalue weighted by atomic mass is 10.1. The number of rotatable bonds is 3. The highest BCUT2D eigenvalue weighted by atomic mass is 79.9. The van der Waals surface area contributed by atoms with E-state index in [0.29, 0.717) is 11.4 Å². The van der Waals surface area contributed by atoms with Crippen LogP contribution in [0.1, 0.15) is 35.9 Å². The number of nitrogens with zero attached hydrogens (tertiary/aromatic N) is 1. The third-order valence-corrected chi connectivity index (χ3v) is 3.26. The second-order valence-corrected chi connectivity index (χ2v) is 5.43. The fraction of sp³-hybridized carbons (Fsp3) is 0.231. The van der Waals surface area contributed by atoms with Crippen LogP contribution in [0, 0.1) is 0 Å². The molecule has 0 saturated carbocycles. The molecule has 2 aromatic rings. The van der Waals surface area contributed by atoms with Gasteiger partial charge in [-0.2, -0.15) is 5.10 Å². The molecule has 4 N–H and O–H groups in total. The van der Waals surface area contributed by atoms with Crippen molar-refractivity contribution in [2.24, 2.45) is 0 Å². The number of anilines is 2. The van der Waals surface area contributed by atoms with Crippen LogP contribution in [0.3, 0.4) is 0 Å². The van der Waals surface area contributed by atoms with E-state index in [2.05, 4.69) is 31.4 Å². The molecular formula is C13H15BrN4O. The monoisotopic (exact) mass is 322 g/mol. The first-order chi connectivity index (χ1) is 8.99. The number of carbonyl (C=O) groups is 1. The number of nitrogens with two attached hydrogens (primary N) is 1. The number of benzene rings is 1. The van der Waals surface area contributed by atoms with Crippen molar-refractivity contribution in [3.63, 3.8) is 0 Å². The predicted molar refractivity (Wildman–Crippen MR) is 79.2 cm³/mol. The second-order valence-electron chi connectivity index (χ2n) is 4.52. The number of hydrogen-bond donors (Lipinski definition) is 3. The zero-order valence-electron chi connectivity index (χ0n) is 10.7. The number of H-pyrrole nitrogens is 1. The van der Waals surface area contributed by atoms with Crippen LogP contribution in [-0.4, -0.2) is 16.1 Å². The van der Waals surface area contributed by atoms with Crippen LogP contribution in [0.5, 0.6) is 0 Å². The fourth-order valence-corrected chi connectivity index (χ4v) is 1.97. The Labute approximate surface area is 119 Å². The molecule has 6 heteroatoms. The molecule has 1 amide bonds. The SMILES string of the molecule is CC(C)c1[nH]nc(C(=O)Nc2ccc(Br)cc2)c1N. The van der Waals surface area contributed by atoms with Gasteiger partial charge in [-0.15, -0.1) is 0 Å². The Bertz CT molecular complexity index is 589. The summed E-state index contributed by atoms with van der Waals surface area (Å²) in [7, 11) is 0. The van der Waals surface area contributed by atoms with Crippen LogP contribution in [0.4, 0.5) is 11.4 Å². The summed E-state index contributed by atoms with van der Waals surface area (Å²) in [6.45, 7) is 3.97. The lowest BCUT2D eigenvalue weighted by Crippen LogP contribution is -2.14. The van der Waals surface area contributed by atoms with Gasteiger partial charge in [0.25, 0.3) is 5.91 Å². The molecular weight excluding hydrogens is 308 g/mol. The minimum Gasteiger partial charge on any atom is -0.395 e. The van der Waals surface area contributed by atoms with Gasteiger partial charge in [0, 0.05) is 10.2 Å². The number of aromatic amines is 1. The molecule has 100 valence electrons. The van der Waals surface area contributed by atoms with Gasteiger partial charge < -0.3 is 11.1 Å². The molecule has 1 aromatic carbocycles. The summed E-state index contributed by atoms with van der Waals surface area (Å²) < 4.78 is 0.951. The molecule has 19 heavy (non-hydrogen) atoms. The largest absolute Gasteiger partial charge is 0.395 e. The summed E-state index contributed by atoms with van der Waals surface area (Å²) in [4.78, 5) is 12.1. The molecule has 0 aliphatic heterocycles. The number of hydrogen-bond acceptors (Lipinski definition) is 3. The Morgan fingerprint density at radius 1 is 1.37 bits per heavy atom. The van der Waals surface area contributed by atoms with Gasteiger partial charge in [-0.1, -0.05) is 29.8 Å². The van der Waals surface area contributed by atoms with E-state index in [-0.39, 0.29) is 17.5 Å². The van der Waals surface area contributed by atoms with E-state index in [9.17, 15) is 4.79 Å². The Morgan fingerprint density at radius 3 is 2.53 bits per heavy atom. The summed E-state index contributed by atoms with van der Waals surface area (Å²) in [5, 5.41) is 9.54. The quantitative estimate of drug-likeness (QED) is 0.811. The summed E-state index contributed by atoms with van der Waals surface area (Å²) in [6, 6.07) is 7.30. The van der Waals surface area contributed by atoms with Crippen molar-refractivity contribution in [2.45, 2.75) is 19.8 Å². The van der Waals surface area contributed by atoms with Crippen LogP contribution in [0.2, 0.25) is 0 Å². The number of nitrogen functional groups attached to an aromatic ring is 1. The first-order valence-electron chi connectivity index (χ1n) is 5.89. The molecule has 1 aromatic heterocycles. The highest BCUT2D eigenvalue weighted by molar-refractivity contribution is 9.10. The molecule has 5 nitrogen and oxygen atoms in total. The topological polar surface area (TPSA) is 83.8 Å². The number of aromatic nitrogens is 2. The van der Waals surface area contributed by atoms with Crippen molar-refractivity contribution in [2.75, 3.05) is 11.1 Å². The molecule has 0 aliphatic carbocycles. The van der Waals surface area contributed by atoms with Gasteiger partial charge in [0.2, 0.25) is 0 Å².